The quantitative estimate of drug-likeness (QED) is 0.238. The second-order valence-electron chi connectivity index (χ2n) is 14.4. The molecule has 0 unspecified atom stereocenters. The minimum absolute atomic E-state index is 0.0136. The highest BCUT2D eigenvalue weighted by Crippen LogP contribution is 2.41. The summed E-state index contributed by atoms with van der Waals surface area (Å²) in [7, 11) is 3.29. The minimum atomic E-state index is 0.0136. The van der Waals surface area contributed by atoms with Crippen molar-refractivity contribution in [2.24, 2.45) is 23.5 Å². The maximum atomic E-state index is 14.0. The molecule has 4 aromatic heterocycles. The topological polar surface area (TPSA) is 129 Å². The van der Waals surface area contributed by atoms with Crippen LogP contribution in [0.25, 0.3) is 33.6 Å². The number of pyridine rings is 1. The number of ether oxygens (including phenoxy) is 2. The largest absolute Gasteiger partial charge is 0.494 e. The summed E-state index contributed by atoms with van der Waals surface area (Å²) in [6.45, 7) is 4.18. The molecule has 4 aliphatic rings. The highest BCUT2D eigenvalue weighted by Gasteiger charge is 2.47. The van der Waals surface area contributed by atoms with Crippen molar-refractivity contribution in [1.29, 1.82) is 0 Å². The van der Waals surface area contributed by atoms with Gasteiger partial charge in [-0.3, -0.25) is 4.79 Å². The third kappa shape index (κ3) is 5.27. The van der Waals surface area contributed by atoms with Gasteiger partial charge >= 0.3 is 6.01 Å². The first-order valence-electron chi connectivity index (χ1n) is 17.7. The third-order valence-electron chi connectivity index (χ3n) is 11.4. The number of benzene rings is 1. The summed E-state index contributed by atoms with van der Waals surface area (Å²) in [4.78, 5) is 37.2. The van der Waals surface area contributed by atoms with Gasteiger partial charge in [0.25, 0.3) is 5.91 Å². The van der Waals surface area contributed by atoms with E-state index in [1.54, 1.807) is 20.4 Å². The van der Waals surface area contributed by atoms with Crippen LogP contribution in [0.3, 0.4) is 0 Å². The van der Waals surface area contributed by atoms with Gasteiger partial charge < -0.3 is 34.1 Å². The summed E-state index contributed by atoms with van der Waals surface area (Å²) >= 11 is 0. The van der Waals surface area contributed by atoms with Gasteiger partial charge in [0.15, 0.2) is 5.82 Å². The minimum Gasteiger partial charge on any atom is -0.494 e. The fourth-order valence-electron chi connectivity index (χ4n) is 8.56. The van der Waals surface area contributed by atoms with Crippen LogP contribution in [0.15, 0.2) is 48.8 Å². The molecule has 2 N–H and O–H groups in total. The van der Waals surface area contributed by atoms with Crippen LogP contribution in [0.1, 0.15) is 48.9 Å². The zero-order valence-corrected chi connectivity index (χ0v) is 28.2. The van der Waals surface area contributed by atoms with Crippen LogP contribution in [0, 0.1) is 17.8 Å². The van der Waals surface area contributed by atoms with Crippen molar-refractivity contribution in [3.05, 3.63) is 54.4 Å². The standard InChI is InChI=1S/C37H43N9O3/c1-48-30-18-26(36(47)45-21-25-7-8-28(45)32(25)38)16-27-33(30)46(20-23-10-14-43(15-11-23)31-9-13-40-37(42-31)49-2)35(41-27)29-17-24-4-3-12-39-34(24)44(29)19-22-5-6-22/h3-4,9,12-13,16-18,22-23,25,28,32H,5-8,10-11,14-15,19-21,38H2,1-2H3/t25-,28-,32-/m1/s1. The normalized spacial score (nSPS) is 22.5. The lowest BCUT2D eigenvalue weighted by Gasteiger charge is -2.33. The Morgan fingerprint density at radius 1 is 0.898 bits per heavy atom. The van der Waals surface area contributed by atoms with Gasteiger partial charge in [0, 0.05) is 68.2 Å². The van der Waals surface area contributed by atoms with Crippen molar-refractivity contribution in [3.8, 4) is 23.3 Å². The molecule has 2 saturated carbocycles. The molecular formula is C37H43N9O3. The molecule has 9 rings (SSSR count). The lowest BCUT2D eigenvalue weighted by Crippen LogP contribution is -2.41. The summed E-state index contributed by atoms with van der Waals surface area (Å²) in [5, 5.41) is 1.11. The maximum absolute atomic E-state index is 14.0. The predicted molar refractivity (Wildman–Crippen MR) is 187 cm³/mol. The molecule has 12 heteroatoms. The predicted octanol–water partition coefficient (Wildman–Crippen LogP) is 4.75. The van der Waals surface area contributed by atoms with Crippen LogP contribution in [0.2, 0.25) is 0 Å². The first-order chi connectivity index (χ1) is 24.0. The second-order valence-corrected chi connectivity index (χ2v) is 14.4. The molecule has 2 aliphatic heterocycles. The number of fused-ring (bicyclic) bond motifs is 4. The van der Waals surface area contributed by atoms with E-state index < -0.39 is 0 Å². The van der Waals surface area contributed by atoms with Gasteiger partial charge in [0.05, 0.1) is 25.4 Å². The Bertz CT molecular complexity index is 2040. The molecule has 0 spiro atoms. The van der Waals surface area contributed by atoms with Gasteiger partial charge in [0.1, 0.15) is 22.7 Å². The van der Waals surface area contributed by atoms with E-state index in [2.05, 4.69) is 36.1 Å². The first-order valence-corrected chi connectivity index (χ1v) is 17.7. The number of nitrogens with two attached hydrogens (primary N) is 1. The van der Waals surface area contributed by atoms with Crippen molar-refractivity contribution >= 4 is 33.8 Å². The fraction of sp³-hybridized carbons (Fsp3) is 0.486. The number of imidazole rings is 1. The molecule has 0 radical (unpaired) electrons. The van der Waals surface area contributed by atoms with Gasteiger partial charge in [-0.25, -0.2) is 15.0 Å². The Kier molecular flexibility index (Phi) is 7.44. The first kappa shape index (κ1) is 30.4. The summed E-state index contributed by atoms with van der Waals surface area (Å²) in [5.41, 5.74) is 10.8. The smallest absolute Gasteiger partial charge is 0.318 e. The molecule has 6 heterocycles. The summed E-state index contributed by atoms with van der Waals surface area (Å²) < 4.78 is 16.1. The Hall–Kier alpha value is -4.71. The number of piperidine rings is 2. The third-order valence-corrected chi connectivity index (χ3v) is 11.4. The number of amides is 1. The highest BCUT2D eigenvalue weighted by molar-refractivity contribution is 6.00. The average molecular weight is 662 g/mol. The van der Waals surface area contributed by atoms with Crippen LogP contribution in [0.4, 0.5) is 5.82 Å². The van der Waals surface area contributed by atoms with E-state index in [-0.39, 0.29) is 18.0 Å². The molecule has 254 valence electrons. The number of anilines is 1. The zero-order valence-electron chi connectivity index (χ0n) is 28.2. The average Bonchev–Trinajstić information content (AvgIpc) is 3.51. The molecule has 1 amide bonds. The van der Waals surface area contributed by atoms with E-state index in [4.69, 9.17) is 25.2 Å². The zero-order chi connectivity index (χ0) is 33.2. The van der Waals surface area contributed by atoms with E-state index in [0.29, 0.717) is 35.1 Å². The van der Waals surface area contributed by atoms with Gasteiger partial charge in [-0.05, 0) is 92.7 Å². The molecule has 4 fully saturated rings. The van der Waals surface area contributed by atoms with E-state index >= 15 is 0 Å². The molecule has 49 heavy (non-hydrogen) atoms. The number of rotatable bonds is 9. The number of hydrogen-bond acceptors (Lipinski definition) is 9. The van der Waals surface area contributed by atoms with Crippen molar-refractivity contribution in [2.45, 2.75) is 63.7 Å². The van der Waals surface area contributed by atoms with Crippen LogP contribution in [0.5, 0.6) is 11.8 Å². The van der Waals surface area contributed by atoms with Crippen molar-refractivity contribution in [3.63, 3.8) is 0 Å². The lowest BCUT2D eigenvalue weighted by atomic mass is 9.96. The molecule has 12 nitrogen and oxygen atoms in total. The van der Waals surface area contributed by atoms with E-state index in [9.17, 15) is 4.79 Å². The number of nitrogens with zero attached hydrogens (tertiary/aromatic N) is 8. The van der Waals surface area contributed by atoms with Crippen LogP contribution >= 0.6 is 0 Å². The van der Waals surface area contributed by atoms with Crippen molar-refractivity contribution in [2.75, 3.05) is 38.8 Å². The number of carbonyl (C=O) groups is 1. The number of carbonyl (C=O) groups excluding carboxylic acids is 1. The number of methoxy groups -OCH3 is 2. The van der Waals surface area contributed by atoms with Crippen LogP contribution < -0.4 is 20.1 Å². The Morgan fingerprint density at radius 2 is 1.71 bits per heavy atom. The molecule has 2 bridgehead atoms. The number of hydrogen-bond donors (Lipinski definition) is 1. The lowest BCUT2D eigenvalue weighted by molar-refractivity contribution is 0.0700. The molecule has 2 aliphatic carbocycles. The highest BCUT2D eigenvalue weighted by atomic mass is 16.5. The van der Waals surface area contributed by atoms with E-state index in [1.165, 1.54) is 12.8 Å². The Morgan fingerprint density at radius 3 is 2.45 bits per heavy atom. The van der Waals surface area contributed by atoms with Gasteiger partial charge in [-0.15, -0.1) is 0 Å². The summed E-state index contributed by atoms with van der Waals surface area (Å²) in [5.74, 6) is 3.91. The van der Waals surface area contributed by atoms with Crippen LogP contribution in [-0.2, 0) is 13.1 Å². The van der Waals surface area contributed by atoms with Crippen molar-refractivity contribution in [1.82, 2.24) is 34.0 Å². The van der Waals surface area contributed by atoms with Crippen LogP contribution in [-0.4, -0.2) is 85.8 Å². The molecular weight excluding hydrogens is 618 g/mol. The van der Waals surface area contributed by atoms with E-state index in [1.807, 2.05) is 35.4 Å². The van der Waals surface area contributed by atoms with E-state index in [0.717, 1.165) is 97.8 Å². The van der Waals surface area contributed by atoms with Gasteiger partial charge in [0.2, 0.25) is 0 Å². The Balaban J connectivity index is 1.11. The SMILES string of the molecule is COc1nccc(N2CCC(Cn3c(-c4cc5cccnc5n4CC4CC4)nc4cc(C(=O)N5C[C@H]6CC[C@@H]5[C@@H]6N)cc(OC)c43)CC2)n1. The molecule has 1 aromatic carbocycles. The van der Waals surface area contributed by atoms with Gasteiger partial charge in [-0.1, -0.05) is 0 Å². The summed E-state index contributed by atoms with van der Waals surface area (Å²) in [6, 6.07) is 12.7. The molecule has 5 aromatic rings. The van der Waals surface area contributed by atoms with Gasteiger partial charge in [-0.2, -0.15) is 4.98 Å². The van der Waals surface area contributed by atoms with Crippen molar-refractivity contribution < 1.29 is 14.3 Å². The number of likely N-dealkylation sites (tertiary alicyclic amines) is 1. The number of aromatic nitrogens is 6. The monoisotopic (exact) mass is 661 g/mol. The molecule has 2 saturated heterocycles. The summed E-state index contributed by atoms with van der Waals surface area (Å²) in [6.07, 6.45) is 10.2. The Labute approximate surface area is 285 Å². The molecule has 3 atom stereocenters. The maximum Gasteiger partial charge on any atom is 0.318 e. The second kappa shape index (κ2) is 12.0. The fourth-order valence-corrected chi connectivity index (χ4v) is 8.56.